The normalized spacial score (nSPS) is 18.3. The summed E-state index contributed by atoms with van der Waals surface area (Å²) < 4.78 is 0. The van der Waals surface area contributed by atoms with Crippen LogP contribution in [0.5, 0.6) is 0 Å². The highest BCUT2D eigenvalue weighted by molar-refractivity contribution is 6.30. The molecule has 0 aromatic heterocycles. The summed E-state index contributed by atoms with van der Waals surface area (Å²) in [6.07, 6.45) is 3.23. The van der Waals surface area contributed by atoms with E-state index in [2.05, 4.69) is 6.92 Å². The molecule has 1 saturated carbocycles. The van der Waals surface area contributed by atoms with Gasteiger partial charge in [-0.3, -0.25) is 4.79 Å². The number of carbonyl (C=O) groups excluding carboxylic acids is 1. The zero-order valence-electron chi connectivity index (χ0n) is 7.51. The van der Waals surface area contributed by atoms with Gasteiger partial charge in [-0.15, -0.1) is 0 Å². The fraction of sp³-hybridized carbons (Fsp3) is 0.364. The van der Waals surface area contributed by atoms with Gasteiger partial charge < -0.3 is 0 Å². The second-order valence-corrected chi connectivity index (χ2v) is 4.35. The Labute approximate surface area is 82.7 Å². The lowest BCUT2D eigenvalue weighted by atomic mass is 9.94. The van der Waals surface area contributed by atoms with Crippen molar-refractivity contribution >= 4 is 17.9 Å². The van der Waals surface area contributed by atoms with Gasteiger partial charge in [0.2, 0.25) is 0 Å². The maximum absolute atomic E-state index is 10.8. The SMILES string of the molecule is CC1(c2cc(Cl)ccc2C=O)CC1. The van der Waals surface area contributed by atoms with Crippen molar-refractivity contribution < 1.29 is 4.79 Å². The molecule has 1 fully saturated rings. The molecule has 0 bridgehead atoms. The lowest BCUT2D eigenvalue weighted by Gasteiger charge is -2.11. The number of aldehydes is 1. The molecule has 2 heteroatoms. The average Bonchev–Trinajstić information content (AvgIpc) is 2.85. The molecule has 0 saturated heterocycles. The van der Waals surface area contributed by atoms with E-state index < -0.39 is 0 Å². The fourth-order valence-corrected chi connectivity index (χ4v) is 1.78. The predicted molar refractivity (Wildman–Crippen MR) is 53.4 cm³/mol. The van der Waals surface area contributed by atoms with Gasteiger partial charge in [-0.05, 0) is 42.0 Å². The van der Waals surface area contributed by atoms with Crippen LogP contribution in [0.25, 0.3) is 0 Å². The zero-order chi connectivity index (χ0) is 9.47. The molecule has 1 aromatic carbocycles. The Morgan fingerprint density at radius 2 is 2.15 bits per heavy atom. The van der Waals surface area contributed by atoms with Crippen molar-refractivity contribution in [1.29, 1.82) is 0 Å². The van der Waals surface area contributed by atoms with Crippen molar-refractivity contribution in [3.05, 3.63) is 34.3 Å². The summed E-state index contributed by atoms with van der Waals surface area (Å²) in [5, 5.41) is 0.716. The number of rotatable bonds is 2. The highest BCUT2D eigenvalue weighted by Crippen LogP contribution is 2.49. The highest BCUT2D eigenvalue weighted by Gasteiger charge is 2.40. The zero-order valence-corrected chi connectivity index (χ0v) is 8.27. The second kappa shape index (κ2) is 2.85. The summed E-state index contributed by atoms with van der Waals surface area (Å²) in [6.45, 7) is 2.17. The van der Waals surface area contributed by atoms with Gasteiger partial charge in [0.15, 0.2) is 0 Å². The standard InChI is InChI=1S/C11H11ClO/c1-11(4-5-11)10-6-9(12)3-2-8(10)7-13/h2-3,6-7H,4-5H2,1H3. The number of halogens is 1. The summed E-state index contributed by atoms with van der Waals surface area (Å²) in [4.78, 5) is 10.8. The molecule has 0 amide bonds. The fourth-order valence-electron chi connectivity index (χ4n) is 1.61. The monoisotopic (exact) mass is 194 g/mol. The number of carbonyl (C=O) groups is 1. The van der Waals surface area contributed by atoms with E-state index in [1.807, 2.05) is 6.07 Å². The Morgan fingerprint density at radius 3 is 2.69 bits per heavy atom. The average molecular weight is 195 g/mol. The van der Waals surface area contributed by atoms with E-state index in [4.69, 9.17) is 11.6 Å². The summed E-state index contributed by atoms with van der Waals surface area (Å²) in [7, 11) is 0. The molecule has 0 spiro atoms. The van der Waals surface area contributed by atoms with Crippen LogP contribution in [0.1, 0.15) is 35.7 Å². The third kappa shape index (κ3) is 1.49. The maximum Gasteiger partial charge on any atom is 0.150 e. The summed E-state index contributed by atoms with van der Waals surface area (Å²) in [5.41, 5.74) is 2.10. The minimum Gasteiger partial charge on any atom is -0.298 e. The van der Waals surface area contributed by atoms with Crippen LogP contribution < -0.4 is 0 Å². The molecule has 0 heterocycles. The van der Waals surface area contributed by atoms with Gasteiger partial charge in [-0.1, -0.05) is 18.5 Å². The van der Waals surface area contributed by atoms with Crippen molar-refractivity contribution in [2.24, 2.45) is 0 Å². The van der Waals surface area contributed by atoms with Crippen LogP contribution in [0.4, 0.5) is 0 Å². The van der Waals surface area contributed by atoms with E-state index in [1.165, 1.54) is 0 Å². The van der Waals surface area contributed by atoms with Crippen molar-refractivity contribution in [3.8, 4) is 0 Å². The number of hydrogen-bond donors (Lipinski definition) is 0. The van der Waals surface area contributed by atoms with Crippen LogP contribution in [0.15, 0.2) is 18.2 Å². The second-order valence-electron chi connectivity index (χ2n) is 3.91. The van der Waals surface area contributed by atoms with Crippen LogP contribution >= 0.6 is 11.6 Å². The Morgan fingerprint density at radius 1 is 1.46 bits per heavy atom. The molecule has 13 heavy (non-hydrogen) atoms. The van der Waals surface area contributed by atoms with Crippen LogP contribution in [0.2, 0.25) is 5.02 Å². The van der Waals surface area contributed by atoms with Gasteiger partial charge >= 0.3 is 0 Å². The van der Waals surface area contributed by atoms with E-state index >= 15 is 0 Å². The molecule has 0 radical (unpaired) electrons. The summed E-state index contributed by atoms with van der Waals surface area (Å²) >= 11 is 5.89. The first-order valence-electron chi connectivity index (χ1n) is 4.41. The quantitative estimate of drug-likeness (QED) is 0.661. The largest absolute Gasteiger partial charge is 0.298 e. The van der Waals surface area contributed by atoms with E-state index in [0.29, 0.717) is 5.02 Å². The Hall–Kier alpha value is -0.820. The third-order valence-corrected chi connectivity index (χ3v) is 3.03. The predicted octanol–water partition coefficient (Wildman–Crippen LogP) is 3.20. The first-order chi connectivity index (χ1) is 6.15. The van der Waals surface area contributed by atoms with Crippen molar-refractivity contribution in [2.45, 2.75) is 25.2 Å². The Balaban J connectivity index is 2.52. The topological polar surface area (TPSA) is 17.1 Å². The van der Waals surface area contributed by atoms with E-state index in [9.17, 15) is 4.79 Å². The molecule has 68 valence electrons. The van der Waals surface area contributed by atoms with Crippen LogP contribution in [-0.2, 0) is 5.41 Å². The maximum atomic E-state index is 10.8. The molecule has 0 aliphatic heterocycles. The molecule has 0 N–H and O–H groups in total. The van der Waals surface area contributed by atoms with Gasteiger partial charge in [-0.2, -0.15) is 0 Å². The molecule has 2 rings (SSSR count). The molecular formula is C11H11ClO. The summed E-state index contributed by atoms with van der Waals surface area (Å²) in [6, 6.07) is 5.48. The van der Waals surface area contributed by atoms with Crippen molar-refractivity contribution in [1.82, 2.24) is 0 Å². The smallest absolute Gasteiger partial charge is 0.150 e. The lowest BCUT2D eigenvalue weighted by molar-refractivity contribution is 0.112. The molecule has 1 aliphatic rings. The number of benzene rings is 1. The first-order valence-corrected chi connectivity index (χ1v) is 4.79. The van der Waals surface area contributed by atoms with Crippen molar-refractivity contribution in [2.75, 3.05) is 0 Å². The van der Waals surface area contributed by atoms with Crippen LogP contribution in [-0.4, -0.2) is 6.29 Å². The van der Waals surface area contributed by atoms with Crippen LogP contribution in [0.3, 0.4) is 0 Å². The van der Waals surface area contributed by atoms with Gasteiger partial charge in [0, 0.05) is 10.6 Å². The molecule has 1 aromatic rings. The minimum atomic E-state index is 0.209. The number of hydrogen-bond acceptors (Lipinski definition) is 1. The molecule has 1 nitrogen and oxygen atoms in total. The van der Waals surface area contributed by atoms with Crippen molar-refractivity contribution in [3.63, 3.8) is 0 Å². The van der Waals surface area contributed by atoms with Crippen LogP contribution in [0, 0.1) is 0 Å². The molecule has 0 atom stereocenters. The molecule has 0 unspecified atom stereocenters. The summed E-state index contributed by atoms with van der Waals surface area (Å²) in [5.74, 6) is 0. The van der Waals surface area contributed by atoms with Gasteiger partial charge in [0.1, 0.15) is 6.29 Å². The van der Waals surface area contributed by atoms with Gasteiger partial charge in [0.05, 0.1) is 0 Å². The van der Waals surface area contributed by atoms with E-state index in [-0.39, 0.29) is 5.41 Å². The van der Waals surface area contributed by atoms with Gasteiger partial charge in [-0.25, -0.2) is 0 Å². The lowest BCUT2D eigenvalue weighted by Crippen LogP contribution is -2.04. The Kier molecular flexibility index (Phi) is 1.92. The highest BCUT2D eigenvalue weighted by atomic mass is 35.5. The first kappa shape index (κ1) is 8.76. The van der Waals surface area contributed by atoms with Gasteiger partial charge in [0.25, 0.3) is 0 Å². The molecular weight excluding hydrogens is 184 g/mol. The van der Waals surface area contributed by atoms with E-state index in [0.717, 1.165) is 30.3 Å². The minimum absolute atomic E-state index is 0.209. The third-order valence-electron chi connectivity index (χ3n) is 2.79. The van der Waals surface area contributed by atoms with E-state index in [1.54, 1.807) is 12.1 Å². The molecule has 1 aliphatic carbocycles. The Bertz CT molecular complexity index is 353.